The Hall–Kier alpha value is -2.57. The van der Waals surface area contributed by atoms with Crippen LogP contribution in [0.1, 0.15) is 18.5 Å². The molecule has 0 amide bonds. The topological polar surface area (TPSA) is 55.2 Å². The van der Waals surface area contributed by atoms with E-state index in [1.165, 1.54) is 13.0 Å². The number of rotatable bonds is 4. The first-order chi connectivity index (χ1) is 9.88. The lowest BCUT2D eigenvalue weighted by Crippen LogP contribution is -2.10. The minimum absolute atomic E-state index is 0.0729. The van der Waals surface area contributed by atoms with Gasteiger partial charge in [-0.3, -0.25) is 10.1 Å². The van der Waals surface area contributed by atoms with Crippen molar-refractivity contribution in [2.45, 2.75) is 13.0 Å². The van der Waals surface area contributed by atoms with Crippen molar-refractivity contribution in [2.24, 2.45) is 0 Å². The molecule has 21 heavy (non-hydrogen) atoms. The van der Waals surface area contributed by atoms with Crippen molar-refractivity contribution in [3.8, 4) is 0 Å². The van der Waals surface area contributed by atoms with Gasteiger partial charge in [0.25, 0.3) is 5.69 Å². The van der Waals surface area contributed by atoms with Crippen molar-refractivity contribution in [3.63, 3.8) is 0 Å². The Bertz CT molecular complexity index is 692. The monoisotopic (exact) mass is 296 g/mol. The minimum Gasteiger partial charge on any atom is -0.373 e. The predicted molar refractivity (Wildman–Crippen MR) is 71.5 cm³/mol. The quantitative estimate of drug-likeness (QED) is 0.680. The van der Waals surface area contributed by atoms with Gasteiger partial charge in [-0.15, -0.1) is 0 Å². The maximum atomic E-state index is 13.7. The van der Waals surface area contributed by atoms with Gasteiger partial charge in [0.1, 0.15) is 23.1 Å². The summed E-state index contributed by atoms with van der Waals surface area (Å²) in [6.45, 7) is 1.53. The molecule has 0 aliphatic rings. The first-order valence-corrected chi connectivity index (χ1v) is 6.04. The van der Waals surface area contributed by atoms with Crippen molar-refractivity contribution < 1.29 is 18.1 Å². The van der Waals surface area contributed by atoms with Crippen LogP contribution in [-0.2, 0) is 0 Å². The summed E-state index contributed by atoms with van der Waals surface area (Å²) in [6, 6.07) is 5.26. The Balaban J connectivity index is 2.33. The van der Waals surface area contributed by atoms with Crippen LogP contribution in [0.3, 0.4) is 0 Å². The van der Waals surface area contributed by atoms with E-state index in [9.17, 15) is 23.3 Å². The third kappa shape index (κ3) is 3.31. The van der Waals surface area contributed by atoms with Gasteiger partial charge in [0, 0.05) is 23.8 Å². The molecule has 2 rings (SSSR count). The molecule has 7 heteroatoms. The fourth-order valence-corrected chi connectivity index (χ4v) is 1.95. The Labute approximate surface area is 118 Å². The summed E-state index contributed by atoms with van der Waals surface area (Å²) in [5.41, 5.74) is -0.281. The molecule has 0 aromatic heterocycles. The SMILES string of the molecule is CC(Nc1cc(F)ccc1[N+](=O)[O-])c1ccc(F)cc1F. The molecule has 0 heterocycles. The third-order valence-corrected chi connectivity index (χ3v) is 2.96. The maximum absolute atomic E-state index is 13.7. The summed E-state index contributed by atoms with van der Waals surface area (Å²) >= 11 is 0. The zero-order valence-corrected chi connectivity index (χ0v) is 10.9. The number of nitrogens with one attached hydrogen (secondary N) is 1. The van der Waals surface area contributed by atoms with E-state index in [1.807, 2.05) is 0 Å². The fraction of sp³-hybridized carbons (Fsp3) is 0.143. The van der Waals surface area contributed by atoms with Crippen LogP contribution in [0.15, 0.2) is 36.4 Å². The molecule has 0 fully saturated rings. The number of hydrogen-bond donors (Lipinski definition) is 1. The van der Waals surface area contributed by atoms with Gasteiger partial charge in [0.05, 0.1) is 11.0 Å². The number of hydrogen-bond acceptors (Lipinski definition) is 3. The molecule has 2 aromatic rings. The van der Waals surface area contributed by atoms with Gasteiger partial charge in [-0.1, -0.05) is 6.07 Å². The van der Waals surface area contributed by atoms with Crippen molar-refractivity contribution >= 4 is 11.4 Å². The molecule has 0 saturated carbocycles. The summed E-state index contributed by atoms with van der Waals surface area (Å²) in [4.78, 5) is 10.2. The molecule has 2 aromatic carbocycles. The Kier molecular flexibility index (Phi) is 4.11. The van der Waals surface area contributed by atoms with Crippen LogP contribution >= 0.6 is 0 Å². The first kappa shape index (κ1) is 14.8. The molecular formula is C14H11F3N2O2. The van der Waals surface area contributed by atoms with Gasteiger partial charge in [-0.25, -0.2) is 13.2 Å². The summed E-state index contributed by atoms with van der Waals surface area (Å²) in [7, 11) is 0. The second-order valence-corrected chi connectivity index (χ2v) is 4.45. The van der Waals surface area contributed by atoms with E-state index in [0.29, 0.717) is 6.07 Å². The summed E-state index contributed by atoms with van der Waals surface area (Å²) < 4.78 is 39.7. The van der Waals surface area contributed by atoms with Crippen molar-refractivity contribution in [1.29, 1.82) is 0 Å². The summed E-state index contributed by atoms with van der Waals surface area (Å²) in [6.07, 6.45) is 0. The average molecular weight is 296 g/mol. The van der Waals surface area contributed by atoms with Crippen LogP contribution in [0.2, 0.25) is 0 Å². The lowest BCUT2D eigenvalue weighted by atomic mass is 10.1. The van der Waals surface area contributed by atoms with Crippen LogP contribution < -0.4 is 5.32 Å². The number of nitro groups is 1. The van der Waals surface area contributed by atoms with Crippen LogP contribution in [0, 0.1) is 27.6 Å². The van der Waals surface area contributed by atoms with E-state index in [2.05, 4.69) is 5.32 Å². The third-order valence-electron chi connectivity index (χ3n) is 2.96. The van der Waals surface area contributed by atoms with E-state index < -0.39 is 28.4 Å². The van der Waals surface area contributed by atoms with E-state index in [1.54, 1.807) is 0 Å². The van der Waals surface area contributed by atoms with Crippen LogP contribution in [-0.4, -0.2) is 4.92 Å². The Morgan fingerprint density at radius 2 is 1.71 bits per heavy atom. The Morgan fingerprint density at radius 1 is 1.10 bits per heavy atom. The van der Waals surface area contributed by atoms with Gasteiger partial charge < -0.3 is 5.32 Å². The van der Waals surface area contributed by atoms with Gasteiger partial charge >= 0.3 is 0 Å². The van der Waals surface area contributed by atoms with Crippen molar-refractivity contribution in [3.05, 3.63) is 69.5 Å². The zero-order valence-electron chi connectivity index (χ0n) is 10.9. The molecule has 0 aliphatic heterocycles. The van der Waals surface area contributed by atoms with E-state index in [-0.39, 0.29) is 16.9 Å². The highest BCUT2D eigenvalue weighted by atomic mass is 19.1. The average Bonchev–Trinajstić information content (AvgIpc) is 2.37. The smallest absolute Gasteiger partial charge is 0.292 e. The van der Waals surface area contributed by atoms with Crippen LogP contribution in [0.4, 0.5) is 24.5 Å². The van der Waals surface area contributed by atoms with Crippen molar-refractivity contribution in [2.75, 3.05) is 5.32 Å². The van der Waals surface area contributed by atoms with Gasteiger partial charge in [-0.05, 0) is 19.1 Å². The molecule has 0 bridgehead atoms. The fourth-order valence-electron chi connectivity index (χ4n) is 1.95. The van der Waals surface area contributed by atoms with Gasteiger partial charge in [0.15, 0.2) is 0 Å². The second-order valence-electron chi connectivity index (χ2n) is 4.45. The second kappa shape index (κ2) is 5.82. The van der Waals surface area contributed by atoms with Crippen LogP contribution in [0.25, 0.3) is 0 Å². The number of halogens is 3. The molecule has 0 saturated heterocycles. The molecule has 0 spiro atoms. The van der Waals surface area contributed by atoms with Gasteiger partial charge in [-0.2, -0.15) is 0 Å². The lowest BCUT2D eigenvalue weighted by molar-refractivity contribution is -0.384. The molecule has 110 valence electrons. The first-order valence-electron chi connectivity index (χ1n) is 6.04. The normalized spacial score (nSPS) is 12.0. The van der Waals surface area contributed by atoms with E-state index >= 15 is 0 Å². The van der Waals surface area contributed by atoms with E-state index in [0.717, 1.165) is 24.3 Å². The zero-order chi connectivity index (χ0) is 15.6. The standard InChI is InChI=1S/C14H11F3N2O2/c1-8(11-4-2-9(15)6-12(11)17)18-13-7-10(16)3-5-14(13)19(20)21/h2-8,18H,1H3. The molecule has 1 atom stereocenters. The maximum Gasteiger partial charge on any atom is 0.292 e. The highest BCUT2D eigenvalue weighted by Crippen LogP contribution is 2.29. The molecule has 4 nitrogen and oxygen atoms in total. The molecular weight excluding hydrogens is 285 g/mol. The van der Waals surface area contributed by atoms with Gasteiger partial charge in [0.2, 0.25) is 0 Å². The predicted octanol–water partition coefficient (Wildman–Crippen LogP) is 4.19. The summed E-state index contributed by atoms with van der Waals surface area (Å²) in [5, 5.41) is 13.5. The number of benzene rings is 2. The van der Waals surface area contributed by atoms with Crippen LogP contribution in [0.5, 0.6) is 0 Å². The minimum atomic E-state index is -0.783. The highest BCUT2D eigenvalue weighted by Gasteiger charge is 2.18. The van der Waals surface area contributed by atoms with Crippen molar-refractivity contribution in [1.82, 2.24) is 0 Å². The summed E-state index contributed by atoms with van der Waals surface area (Å²) in [5.74, 6) is -2.16. The Morgan fingerprint density at radius 3 is 2.33 bits per heavy atom. The molecule has 0 aliphatic carbocycles. The molecule has 1 N–H and O–H groups in total. The lowest BCUT2D eigenvalue weighted by Gasteiger charge is -2.16. The molecule has 1 unspecified atom stereocenters. The number of nitrogens with zero attached hydrogens (tertiary/aromatic N) is 1. The number of anilines is 1. The number of nitro benzene ring substituents is 1. The largest absolute Gasteiger partial charge is 0.373 e. The highest BCUT2D eigenvalue weighted by molar-refractivity contribution is 5.62. The van der Waals surface area contributed by atoms with E-state index in [4.69, 9.17) is 0 Å². The molecule has 0 radical (unpaired) electrons.